The minimum atomic E-state index is -0.719. The van der Waals surface area contributed by atoms with Gasteiger partial charge in [0.2, 0.25) is 5.91 Å². The van der Waals surface area contributed by atoms with Gasteiger partial charge in [-0.25, -0.2) is 0 Å². The number of nitro benzene ring substituents is 1. The van der Waals surface area contributed by atoms with Crippen LogP contribution >= 0.6 is 11.6 Å². The van der Waals surface area contributed by atoms with Crippen molar-refractivity contribution in [3.05, 3.63) is 74.3 Å². The Labute approximate surface area is 159 Å². The Kier molecular flexibility index (Phi) is 4.91. The van der Waals surface area contributed by atoms with Gasteiger partial charge < -0.3 is 4.90 Å². The van der Waals surface area contributed by atoms with Gasteiger partial charge in [-0.2, -0.15) is 0 Å². The molecule has 0 atom stereocenters. The fraction of sp³-hybridized carbons (Fsp3) is 0.167. The molecule has 9 heteroatoms. The lowest BCUT2D eigenvalue weighted by Crippen LogP contribution is -2.40. The normalized spacial score (nSPS) is 12.9. The second-order valence-electron chi connectivity index (χ2n) is 6.06. The number of amides is 3. The fourth-order valence-corrected chi connectivity index (χ4v) is 3.00. The summed E-state index contributed by atoms with van der Waals surface area (Å²) in [6.45, 7) is -0.189. The Morgan fingerprint density at radius 3 is 2.52 bits per heavy atom. The number of imide groups is 1. The Bertz CT molecular complexity index is 975. The Morgan fingerprint density at radius 1 is 1.15 bits per heavy atom. The van der Waals surface area contributed by atoms with Crippen molar-refractivity contribution in [2.75, 3.05) is 13.6 Å². The van der Waals surface area contributed by atoms with Crippen LogP contribution in [0.2, 0.25) is 5.02 Å². The molecule has 0 spiro atoms. The third-order valence-electron chi connectivity index (χ3n) is 4.19. The standard InChI is InChI=1S/C18H14ClN3O5/c1-20(9-11-3-2-4-12(19)7-11)16(23)10-21-17(24)14-6-5-13(22(26)27)8-15(14)18(21)25/h2-8H,9-10H2,1H3. The lowest BCUT2D eigenvalue weighted by atomic mass is 10.1. The van der Waals surface area contributed by atoms with Gasteiger partial charge in [-0.05, 0) is 23.8 Å². The first-order valence-corrected chi connectivity index (χ1v) is 8.29. The van der Waals surface area contributed by atoms with E-state index in [1.807, 2.05) is 0 Å². The highest BCUT2D eigenvalue weighted by Crippen LogP contribution is 2.26. The molecular weight excluding hydrogens is 374 g/mol. The number of non-ortho nitro benzene ring substituents is 1. The predicted molar refractivity (Wildman–Crippen MR) is 96.4 cm³/mol. The maximum atomic E-state index is 12.4. The van der Waals surface area contributed by atoms with Crippen LogP contribution in [0.25, 0.3) is 0 Å². The molecule has 0 saturated heterocycles. The average molecular weight is 388 g/mol. The van der Waals surface area contributed by atoms with E-state index < -0.39 is 29.2 Å². The molecule has 2 aromatic carbocycles. The van der Waals surface area contributed by atoms with Crippen molar-refractivity contribution in [2.45, 2.75) is 6.54 Å². The fourth-order valence-electron chi connectivity index (χ4n) is 2.79. The number of hydrogen-bond acceptors (Lipinski definition) is 5. The quantitative estimate of drug-likeness (QED) is 0.445. The van der Waals surface area contributed by atoms with Crippen molar-refractivity contribution in [1.29, 1.82) is 0 Å². The number of carbonyl (C=O) groups is 3. The van der Waals surface area contributed by atoms with Gasteiger partial charge in [0.05, 0.1) is 16.1 Å². The zero-order valence-corrected chi connectivity index (χ0v) is 15.0. The van der Waals surface area contributed by atoms with Crippen molar-refractivity contribution < 1.29 is 19.3 Å². The van der Waals surface area contributed by atoms with E-state index in [9.17, 15) is 24.5 Å². The molecule has 0 N–H and O–H groups in total. The molecule has 1 heterocycles. The first-order valence-electron chi connectivity index (χ1n) is 7.91. The molecule has 2 aromatic rings. The summed E-state index contributed by atoms with van der Waals surface area (Å²) in [5.74, 6) is -1.81. The molecule has 0 saturated carbocycles. The summed E-state index contributed by atoms with van der Waals surface area (Å²) in [4.78, 5) is 49.7. The van der Waals surface area contributed by atoms with Crippen LogP contribution in [0.3, 0.4) is 0 Å². The summed E-state index contributed by atoms with van der Waals surface area (Å²) >= 11 is 5.92. The van der Waals surface area contributed by atoms with Crippen molar-refractivity contribution in [1.82, 2.24) is 9.80 Å². The van der Waals surface area contributed by atoms with E-state index in [2.05, 4.69) is 0 Å². The molecule has 27 heavy (non-hydrogen) atoms. The number of nitrogens with zero attached hydrogens (tertiary/aromatic N) is 3. The third kappa shape index (κ3) is 3.65. The molecule has 0 aliphatic carbocycles. The molecule has 1 aliphatic heterocycles. The van der Waals surface area contributed by atoms with Crippen molar-refractivity contribution >= 4 is 35.0 Å². The molecule has 0 fully saturated rings. The predicted octanol–water partition coefficient (Wildman–Crippen LogP) is 2.50. The van der Waals surface area contributed by atoms with E-state index in [0.717, 1.165) is 22.6 Å². The smallest absolute Gasteiger partial charge is 0.270 e. The van der Waals surface area contributed by atoms with Crippen LogP contribution in [0, 0.1) is 10.1 Å². The van der Waals surface area contributed by atoms with Crippen LogP contribution in [0.1, 0.15) is 26.3 Å². The van der Waals surface area contributed by atoms with E-state index in [-0.39, 0.29) is 23.4 Å². The molecule has 0 radical (unpaired) electrons. The highest BCUT2D eigenvalue weighted by atomic mass is 35.5. The van der Waals surface area contributed by atoms with Gasteiger partial charge in [-0.15, -0.1) is 0 Å². The number of halogens is 1. The minimum absolute atomic E-state index is 0.0518. The summed E-state index contributed by atoms with van der Waals surface area (Å²) in [5, 5.41) is 11.4. The Morgan fingerprint density at radius 2 is 1.85 bits per heavy atom. The van der Waals surface area contributed by atoms with E-state index >= 15 is 0 Å². The number of rotatable bonds is 5. The highest BCUT2D eigenvalue weighted by molar-refractivity contribution is 6.30. The van der Waals surface area contributed by atoms with Gasteiger partial charge >= 0.3 is 0 Å². The first-order chi connectivity index (χ1) is 12.8. The van der Waals surface area contributed by atoms with E-state index in [0.29, 0.717) is 5.02 Å². The van der Waals surface area contributed by atoms with Crippen molar-refractivity contribution in [2.24, 2.45) is 0 Å². The first kappa shape index (κ1) is 18.5. The van der Waals surface area contributed by atoms with Gasteiger partial charge in [0.15, 0.2) is 0 Å². The van der Waals surface area contributed by atoms with Crippen LogP contribution in [-0.2, 0) is 11.3 Å². The van der Waals surface area contributed by atoms with Gasteiger partial charge in [0, 0.05) is 30.7 Å². The Hall–Kier alpha value is -3.26. The summed E-state index contributed by atoms with van der Waals surface area (Å²) in [7, 11) is 1.55. The number of nitro groups is 1. The number of carbonyl (C=O) groups excluding carboxylic acids is 3. The molecular formula is C18H14ClN3O5. The monoisotopic (exact) mass is 387 g/mol. The molecule has 0 unspecified atom stereocenters. The maximum Gasteiger partial charge on any atom is 0.270 e. The molecule has 3 amide bonds. The van der Waals surface area contributed by atoms with Crippen LogP contribution in [-0.4, -0.2) is 46.0 Å². The Balaban J connectivity index is 1.73. The molecule has 0 aromatic heterocycles. The van der Waals surface area contributed by atoms with Crippen LogP contribution < -0.4 is 0 Å². The zero-order valence-electron chi connectivity index (χ0n) is 14.2. The summed E-state index contributed by atoms with van der Waals surface area (Å²) in [6.07, 6.45) is 0. The summed E-state index contributed by atoms with van der Waals surface area (Å²) in [6, 6.07) is 10.4. The van der Waals surface area contributed by atoms with E-state index in [4.69, 9.17) is 11.6 Å². The zero-order chi connectivity index (χ0) is 19.7. The van der Waals surface area contributed by atoms with E-state index in [1.54, 1.807) is 31.3 Å². The molecule has 1 aliphatic rings. The van der Waals surface area contributed by atoms with Gasteiger partial charge in [0.1, 0.15) is 6.54 Å². The van der Waals surface area contributed by atoms with E-state index in [1.165, 1.54) is 11.0 Å². The molecule has 8 nitrogen and oxygen atoms in total. The van der Waals surface area contributed by atoms with Gasteiger partial charge in [-0.1, -0.05) is 23.7 Å². The summed E-state index contributed by atoms with van der Waals surface area (Å²) in [5.41, 5.74) is 0.493. The molecule has 138 valence electrons. The largest absolute Gasteiger partial charge is 0.340 e. The van der Waals surface area contributed by atoms with Gasteiger partial charge in [0.25, 0.3) is 17.5 Å². The minimum Gasteiger partial charge on any atom is -0.340 e. The van der Waals surface area contributed by atoms with Gasteiger partial charge in [-0.3, -0.25) is 29.4 Å². The number of benzene rings is 2. The maximum absolute atomic E-state index is 12.4. The second kappa shape index (κ2) is 7.16. The van der Waals surface area contributed by atoms with Crippen molar-refractivity contribution in [3.63, 3.8) is 0 Å². The third-order valence-corrected chi connectivity index (χ3v) is 4.43. The van der Waals surface area contributed by atoms with Crippen molar-refractivity contribution in [3.8, 4) is 0 Å². The highest BCUT2D eigenvalue weighted by Gasteiger charge is 2.38. The topological polar surface area (TPSA) is 101 Å². The van der Waals surface area contributed by atoms with Crippen LogP contribution in [0.15, 0.2) is 42.5 Å². The lowest BCUT2D eigenvalue weighted by molar-refractivity contribution is -0.384. The molecule has 3 rings (SSSR count). The van der Waals surface area contributed by atoms with Crippen LogP contribution in [0.5, 0.6) is 0 Å². The van der Waals surface area contributed by atoms with Crippen LogP contribution in [0.4, 0.5) is 5.69 Å². The number of hydrogen-bond donors (Lipinski definition) is 0. The second-order valence-corrected chi connectivity index (χ2v) is 6.50. The number of fused-ring (bicyclic) bond motifs is 1. The lowest BCUT2D eigenvalue weighted by Gasteiger charge is -2.20. The SMILES string of the molecule is CN(Cc1cccc(Cl)c1)C(=O)CN1C(=O)c2ccc([N+](=O)[O-])cc2C1=O. The molecule has 0 bridgehead atoms. The average Bonchev–Trinajstić information content (AvgIpc) is 2.86. The summed E-state index contributed by atoms with van der Waals surface area (Å²) < 4.78 is 0. The number of likely N-dealkylation sites (N-methyl/N-ethyl adjacent to an activating group) is 1.